The number of rotatable bonds is 3. The van der Waals surface area contributed by atoms with E-state index in [4.69, 9.17) is 27.2 Å². The van der Waals surface area contributed by atoms with Crippen LogP contribution in [0.15, 0.2) is 83.3 Å². The van der Waals surface area contributed by atoms with Crippen LogP contribution >= 0.6 is 11.6 Å². The maximum absolute atomic E-state index is 7.89. The van der Waals surface area contributed by atoms with E-state index >= 15 is 0 Å². The second-order valence-electron chi connectivity index (χ2n) is 8.56. The molecule has 1 aliphatic carbocycles. The van der Waals surface area contributed by atoms with Gasteiger partial charge in [-0.05, 0) is 65.6 Å². The molecule has 3 unspecified atom stereocenters. The first-order valence-electron chi connectivity index (χ1n) is 10.8. The molecule has 5 heteroatoms. The van der Waals surface area contributed by atoms with Gasteiger partial charge in [-0.2, -0.15) is 0 Å². The highest BCUT2D eigenvalue weighted by Gasteiger charge is 2.44. The van der Waals surface area contributed by atoms with Crippen LogP contribution in [0.25, 0.3) is 11.3 Å². The number of fused-ring (bicyclic) bond motifs is 5. The summed E-state index contributed by atoms with van der Waals surface area (Å²) in [5, 5.41) is 12.3. The summed E-state index contributed by atoms with van der Waals surface area (Å²) in [5.74, 6) is 2.29. The van der Waals surface area contributed by atoms with Gasteiger partial charge in [-0.15, -0.1) is 0 Å². The van der Waals surface area contributed by atoms with Crippen molar-refractivity contribution in [2.75, 3.05) is 5.32 Å². The van der Waals surface area contributed by atoms with E-state index in [9.17, 15) is 0 Å². The molecular weight excluding hydrogens is 418 g/mol. The Hall–Kier alpha value is -3.50. The van der Waals surface area contributed by atoms with Gasteiger partial charge < -0.3 is 15.5 Å². The van der Waals surface area contributed by atoms with Crippen molar-refractivity contribution in [2.24, 2.45) is 11.7 Å². The predicted octanol–water partition coefficient (Wildman–Crippen LogP) is 6.36. The van der Waals surface area contributed by atoms with Gasteiger partial charge >= 0.3 is 0 Å². The number of hydrogen-bond donors (Lipinski definition) is 3. The van der Waals surface area contributed by atoms with Gasteiger partial charge in [0.1, 0.15) is 17.4 Å². The summed E-state index contributed by atoms with van der Waals surface area (Å²) in [6, 6.07) is 26.5. The maximum atomic E-state index is 7.89. The molecule has 0 fully saturated rings. The van der Waals surface area contributed by atoms with Crippen molar-refractivity contribution in [3.8, 4) is 11.3 Å². The van der Waals surface area contributed by atoms with Crippen LogP contribution in [0.3, 0.4) is 0 Å². The standard InChI is InChI=1S/C27H22ClN3O/c28-21-8-4-3-7-18(21)23-11-12-24(32-23)26-20-13-15-5-1-2-6-17(15)25(20)19-14-16(27(29)30)9-10-22(19)31-26/h1-12,14,20,25-26,31H,13H2,(H3,29,30). The number of nitrogens with two attached hydrogens (primary N) is 1. The zero-order valence-corrected chi connectivity index (χ0v) is 18.1. The minimum atomic E-state index is 0.0271. The molecule has 1 aliphatic heterocycles. The van der Waals surface area contributed by atoms with Crippen LogP contribution in [-0.4, -0.2) is 5.84 Å². The number of benzene rings is 3. The number of furan rings is 1. The fraction of sp³-hybridized carbons (Fsp3) is 0.148. The number of halogens is 1. The summed E-state index contributed by atoms with van der Waals surface area (Å²) < 4.78 is 6.37. The van der Waals surface area contributed by atoms with Crippen molar-refractivity contribution in [2.45, 2.75) is 18.4 Å². The molecule has 1 aromatic heterocycles. The fourth-order valence-electron chi connectivity index (χ4n) is 5.34. The van der Waals surface area contributed by atoms with Gasteiger partial charge in [0.25, 0.3) is 0 Å². The average Bonchev–Trinajstić information content (AvgIpc) is 3.44. The van der Waals surface area contributed by atoms with Crippen LogP contribution in [0.2, 0.25) is 5.02 Å². The van der Waals surface area contributed by atoms with Gasteiger partial charge in [0.2, 0.25) is 0 Å². The molecule has 4 nitrogen and oxygen atoms in total. The molecule has 0 radical (unpaired) electrons. The first-order valence-corrected chi connectivity index (χ1v) is 11.2. The fourth-order valence-corrected chi connectivity index (χ4v) is 5.56. The predicted molar refractivity (Wildman–Crippen MR) is 128 cm³/mol. The highest BCUT2D eigenvalue weighted by atomic mass is 35.5. The Morgan fingerprint density at radius 2 is 1.78 bits per heavy atom. The van der Waals surface area contributed by atoms with E-state index in [1.807, 2.05) is 42.5 Å². The summed E-state index contributed by atoms with van der Waals surface area (Å²) in [5.41, 5.74) is 12.4. The third kappa shape index (κ3) is 2.94. The second-order valence-corrected chi connectivity index (χ2v) is 8.97. The van der Waals surface area contributed by atoms with Crippen molar-refractivity contribution in [3.05, 3.63) is 112 Å². The molecule has 2 aliphatic rings. The van der Waals surface area contributed by atoms with E-state index in [1.54, 1.807) is 0 Å². The second kappa shape index (κ2) is 7.28. The van der Waals surface area contributed by atoms with Gasteiger partial charge in [0.15, 0.2) is 0 Å². The van der Waals surface area contributed by atoms with Gasteiger partial charge in [-0.3, -0.25) is 5.41 Å². The van der Waals surface area contributed by atoms with Crippen molar-refractivity contribution in [1.29, 1.82) is 5.41 Å². The van der Waals surface area contributed by atoms with Gasteiger partial charge in [0.05, 0.1) is 11.1 Å². The van der Waals surface area contributed by atoms with E-state index in [1.165, 1.54) is 16.7 Å². The van der Waals surface area contributed by atoms with Gasteiger partial charge in [0, 0.05) is 28.7 Å². The Labute approximate surface area is 191 Å². The summed E-state index contributed by atoms with van der Waals surface area (Å²) in [7, 11) is 0. The molecule has 6 rings (SSSR count). The largest absolute Gasteiger partial charge is 0.459 e. The van der Waals surface area contributed by atoms with Crippen LogP contribution in [0.4, 0.5) is 5.69 Å². The van der Waals surface area contributed by atoms with Crippen LogP contribution in [0.5, 0.6) is 0 Å². The molecule has 158 valence electrons. The van der Waals surface area contributed by atoms with Crippen molar-refractivity contribution < 1.29 is 4.42 Å². The molecule has 0 spiro atoms. The maximum Gasteiger partial charge on any atom is 0.135 e. The van der Waals surface area contributed by atoms with Crippen molar-refractivity contribution in [1.82, 2.24) is 0 Å². The molecule has 0 saturated heterocycles. The first-order chi connectivity index (χ1) is 15.6. The molecule has 0 amide bonds. The van der Waals surface area contributed by atoms with Crippen molar-refractivity contribution >= 4 is 23.1 Å². The molecule has 4 aromatic rings. The molecule has 3 atom stereocenters. The highest BCUT2D eigenvalue weighted by molar-refractivity contribution is 6.33. The quantitative estimate of drug-likeness (QED) is 0.257. The van der Waals surface area contributed by atoms with E-state index < -0.39 is 0 Å². The number of nitrogens with one attached hydrogen (secondary N) is 2. The smallest absolute Gasteiger partial charge is 0.135 e. The third-order valence-corrected chi connectivity index (χ3v) is 7.11. The summed E-state index contributed by atoms with van der Waals surface area (Å²) in [4.78, 5) is 0. The highest BCUT2D eigenvalue weighted by Crippen LogP contribution is 2.54. The number of anilines is 1. The van der Waals surface area contributed by atoms with Gasteiger partial charge in [-0.25, -0.2) is 0 Å². The normalized spacial score (nSPS) is 20.7. The Balaban J connectivity index is 1.46. The lowest BCUT2D eigenvalue weighted by molar-refractivity contribution is 0.364. The monoisotopic (exact) mass is 439 g/mol. The van der Waals surface area contributed by atoms with Crippen molar-refractivity contribution in [3.63, 3.8) is 0 Å². The molecule has 3 aromatic carbocycles. The van der Waals surface area contributed by atoms with Crippen LogP contribution in [0.1, 0.15) is 40.0 Å². The zero-order chi connectivity index (χ0) is 21.8. The molecule has 4 N–H and O–H groups in total. The van der Waals surface area contributed by atoms with Crippen LogP contribution in [0, 0.1) is 11.3 Å². The summed E-state index contributed by atoms with van der Waals surface area (Å²) in [6.07, 6.45) is 0.963. The van der Waals surface area contributed by atoms with E-state index in [2.05, 4.69) is 41.7 Å². The first kappa shape index (κ1) is 19.2. The van der Waals surface area contributed by atoms with E-state index in [0.29, 0.717) is 10.9 Å². The Kier molecular flexibility index (Phi) is 4.37. The van der Waals surface area contributed by atoms with Crippen LogP contribution in [-0.2, 0) is 6.42 Å². The molecule has 32 heavy (non-hydrogen) atoms. The zero-order valence-electron chi connectivity index (χ0n) is 17.3. The SMILES string of the molecule is N=C(N)c1ccc2c(c1)C1c3ccccc3CC1C(c1ccc(-c3ccccc3Cl)o1)N2. The van der Waals surface area contributed by atoms with E-state index in [-0.39, 0.29) is 17.8 Å². The lowest BCUT2D eigenvalue weighted by Gasteiger charge is -2.37. The van der Waals surface area contributed by atoms with Crippen LogP contribution < -0.4 is 11.1 Å². The van der Waals surface area contributed by atoms with Gasteiger partial charge in [-0.1, -0.05) is 48.0 Å². The average molecular weight is 440 g/mol. The Bertz CT molecular complexity index is 1360. The molecular formula is C27H22ClN3O. The Morgan fingerprint density at radius 1 is 0.969 bits per heavy atom. The van der Waals surface area contributed by atoms with E-state index in [0.717, 1.165) is 34.8 Å². The minimum Gasteiger partial charge on any atom is -0.459 e. The molecule has 0 bridgehead atoms. The summed E-state index contributed by atoms with van der Waals surface area (Å²) in [6.45, 7) is 0. The lowest BCUT2D eigenvalue weighted by Crippen LogP contribution is -2.30. The Morgan fingerprint density at radius 3 is 2.62 bits per heavy atom. The molecule has 0 saturated carbocycles. The third-order valence-electron chi connectivity index (χ3n) is 6.78. The molecule has 2 heterocycles. The number of amidine groups is 1. The summed E-state index contributed by atoms with van der Waals surface area (Å²) >= 11 is 6.41. The lowest BCUT2D eigenvalue weighted by atomic mass is 9.76. The minimum absolute atomic E-state index is 0.0271. The number of hydrogen-bond acceptors (Lipinski definition) is 3. The topological polar surface area (TPSA) is 75.0 Å². The number of nitrogen functional groups attached to an aromatic ring is 1.